The molecule has 104 valence electrons. The molecule has 0 spiro atoms. The Morgan fingerprint density at radius 1 is 0.947 bits per heavy atom. The fourth-order valence-corrected chi connectivity index (χ4v) is 3.47. The van der Waals surface area contributed by atoms with Crippen LogP contribution in [0.3, 0.4) is 0 Å². The monoisotopic (exact) mass is 259 g/mol. The molecular formula is C17H27N2+. The van der Waals surface area contributed by atoms with Crippen LogP contribution in [-0.4, -0.2) is 48.7 Å². The third-order valence-corrected chi connectivity index (χ3v) is 5.01. The quantitative estimate of drug-likeness (QED) is 0.738. The summed E-state index contributed by atoms with van der Waals surface area (Å²) in [5, 5.41) is 0. The minimum Gasteiger partial charge on any atom is -0.317 e. The van der Waals surface area contributed by atoms with Gasteiger partial charge in [0.25, 0.3) is 0 Å². The second kappa shape index (κ2) is 4.60. The number of nitrogens with zero attached hydrogens (tertiary/aromatic N) is 2. The lowest BCUT2D eigenvalue weighted by Gasteiger charge is -2.50. The second-order valence-electron chi connectivity index (χ2n) is 7.46. The molecule has 3 aliphatic rings. The molecule has 19 heavy (non-hydrogen) atoms. The molecule has 3 saturated heterocycles. The Hall–Kier alpha value is -0.860. The van der Waals surface area contributed by atoms with Crippen LogP contribution in [0.2, 0.25) is 0 Å². The van der Waals surface area contributed by atoms with Gasteiger partial charge in [-0.2, -0.15) is 0 Å². The summed E-state index contributed by atoms with van der Waals surface area (Å²) in [5.41, 5.74) is 3.23. The van der Waals surface area contributed by atoms with Gasteiger partial charge in [0.15, 0.2) is 0 Å². The van der Waals surface area contributed by atoms with Crippen LogP contribution in [0.1, 0.15) is 31.9 Å². The fourth-order valence-electron chi connectivity index (χ4n) is 3.47. The number of rotatable bonds is 2. The van der Waals surface area contributed by atoms with Crippen molar-refractivity contribution in [2.45, 2.75) is 32.7 Å². The van der Waals surface area contributed by atoms with E-state index in [0.29, 0.717) is 0 Å². The number of hydrogen-bond acceptors (Lipinski definition) is 1. The number of hydrogen-bond donors (Lipinski definition) is 0. The third-order valence-electron chi connectivity index (χ3n) is 5.01. The van der Waals surface area contributed by atoms with E-state index in [0.717, 1.165) is 0 Å². The summed E-state index contributed by atoms with van der Waals surface area (Å²) >= 11 is 0. The Kier molecular flexibility index (Phi) is 3.18. The van der Waals surface area contributed by atoms with Gasteiger partial charge in [-0.3, -0.25) is 4.90 Å². The molecule has 4 rings (SSSR count). The van der Waals surface area contributed by atoms with Gasteiger partial charge in [0, 0.05) is 25.2 Å². The summed E-state index contributed by atoms with van der Waals surface area (Å²) in [4.78, 5) is 2.61. The zero-order chi connectivity index (χ0) is 13.5. The summed E-state index contributed by atoms with van der Waals surface area (Å²) < 4.78 is 1.32. The van der Waals surface area contributed by atoms with Crippen LogP contribution in [0.25, 0.3) is 0 Å². The third kappa shape index (κ3) is 2.70. The molecule has 0 N–H and O–H groups in total. The number of piperazine rings is 3. The molecule has 0 radical (unpaired) electrons. The normalized spacial score (nSPS) is 30.6. The Balaban J connectivity index is 1.73. The van der Waals surface area contributed by atoms with E-state index in [9.17, 15) is 0 Å². The van der Waals surface area contributed by atoms with Gasteiger partial charge in [0.1, 0.15) is 6.54 Å². The first-order valence-corrected chi connectivity index (χ1v) is 7.64. The van der Waals surface area contributed by atoms with Gasteiger partial charge in [0.05, 0.1) is 19.6 Å². The van der Waals surface area contributed by atoms with Gasteiger partial charge in [-0.25, -0.2) is 0 Å². The number of fused-ring (bicyclic) bond motifs is 3. The van der Waals surface area contributed by atoms with Crippen LogP contribution in [-0.2, 0) is 12.0 Å². The molecule has 2 bridgehead atoms. The molecular weight excluding hydrogens is 232 g/mol. The van der Waals surface area contributed by atoms with Crippen LogP contribution in [0.4, 0.5) is 0 Å². The lowest BCUT2D eigenvalue weighted by atomic mass is 9.86. The lowest BCUT2D eigenvalue weighted by Crippen LogP contribution is -2.66. The van der Waals surface area contributed by atoms with E-state index in [1.807, 2.05) is 0 Å². The molecule has 0 amide bonds. The maximum atomic E-state index is 2.61. The molecule has 0 atom stereocenters. The highest BCUT2D eigenvalue weighted by Gasteiger charge is 2.38. The smallest absolute Gasteiger partial charge is 0.104 e. The maximum absolute atomic E-state index is 2.61. The largest absolute Gasteiger partial charge is 0.317 e. The Morgan fingerprint density at radius 3 is 1.95 bits per heavy atom. The Morgan fingerprint density at radius 2 is 1.47 bits per heavy atom. The van der Waals surface area contributed by atoms with Crippen molar-refractivity contribution in [1.82, 2.24) is 4.90 Å². The van der Waals surface area contributed by atoms with Gasteiger partial charge in [-0.1, -0.05) is 45.0 Å². The molecule has 1 aromatic carbocycles. The summed E-state index contributed by atoms with van der Waals surface area (Å²) in [6, 6.07) is 9.37. The molecule has 1 aromatic rings. The average Bonchev–Trinajstić information content (AvgIpc) is 2.40. The van der Waals surface area contributed by atoms with Crippen molar-refractivity contribution in [2.75, 3.05) is 39.3 Å². The predicted molar refractivity (Wildman–Crippen MR) is 80.1 cm³/mol. The van der Waals surface area contributed by atoms with Gasteiger partial charge in [-0.15, -0.1) is 0 Å². The van der Waals surface area contributed by atoms with Gasteiger partial charge in [-0.05, 0) is 11.0 Å². The predicted octanol–water partition coefficient (Wildman–Crippen LogP) is 2.63. The molecule has 3 heterocycles. The molecule has 0 saturated carbocycles. The minimum absolute atomic E-state index is 0.266. The molecule has 0 aliphatic carbocycles. The molecule has 2 heteroatoms. The summed E-state index contributed by atoms with van der Waals surface area (Å²) in [6.45, 7) is 16.1. The van der Waals surface area contributed by atoms with Gasteiger partial charge >= 0.3 is 0 Å². The zero-order valence-corrected chi connectivity index (χ0v) is 12.7. The molecule has 0 aromatic heterocycles. The van der Waals surface area contributed by atoms with Crippen molar-refractivity contribution in [2.24, 2.45) is 0 Å². The van der Waals surface area contributed by atoms with E-state index in [-0.39, 0.29) is 5.41 Å². The van der Waals surface area contributed by atoms with Crippen LogP contribution >= 0.6 is 0 Å². The summed E-state index contributed by atoms with van der Waals surface area (Å²) in [6.07, 6.45) is 0. The first-order valence-electron chi connectivity index (χ1n) is 7.64. The summed E-state index contributed by atoms with van der Waals surface area (Å²) in [5.74, 6) is 0. The highest BCUT2D eigenvalue weighted by atomic mass is 15.4. The Bertz CT molecular complexity index is 420. The van der Waals surface area contributed by atoms with Crippen molar-refractivity contribution in [3.63, 3.8) is 0 Å². The van der Waals surface area contributed by atoms with E-state index in [1.165, 1.54) is 61.4 Å². The minimum atomic E-state index is 0.266. The van der Waals surface area contributed by atoms with Crippen LogP contribution in [0.15, 0.2) is 24.3 Å². The highest BCUT2D eigenvalue weighted by molar-refractivity contribution is 5.27. The molecule has 0 unspecified atom stereocenters. The topological polar surface area (TPSA) is 3.24 Å². The highest BCUT2D eigenvalue weighted by Crippen LogP contribution is 2.26. The van der Waals surface area contributed by atoms with Crippen LogP contribution < -0.4 is 0 Å². The van der Waals surface area contributed by atoms with Crippen molar-refractivity contribution in [3.8, 4) is 0 Å². The zero-order valence-electron chi connectivity index (χ0n) is 12.7. The van der Waals surface area contributed by atoms with E-state index in [2.05, 4.69) is 49.9 Å². The van der Waals surface area contributed by atoms with E-state index in [4.69, 9.17) is 0 Å². The first kappa shape index (κ1) is 13.1. The van der Waals surface area contributed by atoms with Crippen molar-refractivity contribution < 1.29 is 4.48 Å². The number of benzene rings is 1. The van der Waals surface area contributed by atoms with Gasteiger partial charge < -0.3 is 4.48 Å². The standard InChI is InChI=1S/C17H27N2/c1-17(2,3)16-6-4-15(5-7-16)14-19-11-8-18(9-12-19)10-13-19/h4-7H,8-14H2,1-3H3/q+1. The Labute approximate surface area is 117 Å². The molecule has 3 fully saturated rings. The van der Waals surface area contributed by atoms with Crippen molar-refractivity contribution in [3.05, 3.63) is 35.4 Å². The average molecular weight is 259 g/mol. The molecule has 3 aliphatic heterocycles. The van der Waals surface area contributed by atoms with Crippen LogP contribution in [0.5, 0.6) is 0 Å². The van der Waals surface area contributed by atoms with E-state index >= 15 is 0 Å². The van der Waals surface area contributed by atoms with Crippen molar-refractivity contribution in [1.29, 1.82) is 0 Å². The van der Waals surface area contributed by atoms with E-state index < -0.39 is 0 Å². The fraction of sp³-hybridized carbons (Fsp3) is 0.647. The SMILES string of the molecule is CC(C)(C)c1ccc(C[N+]23CCN(CC2)CC3)cc1. The second-order valence-corrected chi connectivity index (χ2v) is 7.46. The summed E-state index contributed by atoms with van der Waals surface area (Å²) in [7, 11) is 0. The number of quaternary nitrogens is 1. The van der Waals surface area contributed by atoms with Crippen molar-refractivity contribution >= 4 is 0 Å². The molecule has 2 nitrogen and oxygen atoms in total. The first-order chi connectivity index (χ1) is 8.97. The maximum Gasteiger partial charge on any atom is 0.104 e. The van der Waals surface area contributed by atoms with Crippen LogP contribution in [0, 0.1) is 0 Å². The van der Waals surface area contributed by atoms with E-state index in [1.54, 1.807) is 0 Å². The lowest BCUT2D eigenvalue weighted by molar-refractivity contribution is -0.953. The van der Waals surface area contributed by atoms with Gasteiger partial charge in [0.2, 0.25) is 0 Å².